The number of aryl methyl sites for hydroxylation is 1. The summed E-state index contributed by atoms with van der Waals surface area (Å²) in [4.78, 5) is 24.9. The Bertz CT molecular complexity index is 527. The Morgan fingerprint density at radius 3 is 2.76 bits per heavy atom. The highest BCUT2D eigenvalue weighted by Crippen LogP contribution is 2.20. The molecule has 0 spiro atoms. The summed E-state index contributed by atoms with van der Waals surface area (Å²) >= 11 is 1.37. The highest BCUT2D eigenvalue weighted by atomic mass is 32.2. The van der Waals surface area contributed by atoms with Gasteiger partial charge in [0.2, 0.25) is 5.82 Å². The quantitative estimate of drug-likeness (QED) is 0.384. The first kappa shape index (κ1) is 11.5. The van der Waals surface area contributed by atoms with Crippen molar-refractivity contribution in [1.82, 2.24) is 19.9 Å². The third-order valence-electron chi connectivity index (χ3n) is 1.97. The smallest absolute Gasteiger partial charge is 0.343 e. The summed E-state index contributed by atoms with van der Waals surface area (Å²) in [6.45, 7) is 1.60. The van der Waals surface area contributed by atoms with Gasteiger partial charge >= 0.3 is 5.82 Å². The fraction of sp³-hybridized carbons (Fsp3) is 0.222. The van der Waals surface area contributed by atoms with Crippen LogP contribution in [0, 0.1) is 17.0 Å². The minimum absolute atomic E-state index is 0.0606. The second-order valence-electron chi connectivity index (χ2n) is 3.19. The largest absolute Gasteiger partial charge is 0.358 e. The first-order valence-electron chi connectivity index (χ1n) is 4.76. The van der Waals surface area contributed by atoms with Gasteiger partial charge in [-0.05, 0) is 17.9 Å². The number of H-pyrrole nitrogens is 1. The summed E-state index contributed by atoms with van der Waals surface area (Å²) in [6, 6.07) is 1.73. The first-order chi connectivity index (χ1) is 8.16. The van der Waals surface area contributed by atoms with Gasteiger partial charge in [0, 0.05) is 12.4 Å². The zero-order valence-corrected chi connectivity index (χ0v) is 9.77. The van der Waals surface area contributed by atoms with E-state index in [-0.39, 0.29) is 5.82 Å². The van der Waals surface area contributed by atoms with Crippen molar-refractivity contribution in [3.05, 3.63) is 40.1 Å². The van der Waals surface area contributed by atoms with Crippen LogP contribution in [0.2, 0.25) is 0 Å². The Balaban J connectivity index is 2.05. The van der Waals surface area contributed by atoms with Crippen molar-refractivity contribution in [2.45, 2.75) is 17.8 Å². The lowest BCUT2D eigenvalue weighted by Gasteiger charge is -1.93. The van der Waals surface area contributed by atoms with Crippen molar-refractivity contribution in [3.8, 4) is 0 Å². The van der Waals surface area contributed by atoms with Gasteiger partial charge in [0.05, 0.1) is 5.75 Å². The fourth-order valence-electron chi connectivity index (χ4n) is 1.25. The van der Waals surface area contributed by atoms with Crippen LogP contribution in [0.15, 0.2) is 23.6 Å². The molecular weight excluding hydrogens is 242 g/mol. The van der Waals surface area contributed by atoms with Crippen molar-refractivity contribution in [2.75, 3.05) is 0 Å². The van der Waals surface area contributed by atoms with Crippen molar-refractivity contribution in [3.63, 3.8) is 0 Å². The van der Waals surface area contributed by atoms with Crippen LogP contribution < -0.4 is 0 Å². The summed E-state index contributed by atoms with van der Waals surface area (Å²) in [5.74, 6) is 0.958. The maximum atomic E-state index is 10.6. The maximum Gasteiger partial charge on any atom is 0.343 e. The maximum absolute atomic E-state index is 10.6. The highest BCUT2D eigenvalue weighted by Gasteiger charge is 2.16. The second kappa shape index (κ2) is 4.91. The van der Waals surface area contributed by atoms with Gasteiger partial charge in [-0.15, -0.1) is 0 Å². The molecule has 0 aromatic carbocycles. The zero-order chi connectivity index (χ0) is 12.3. The summed E-state index contributed by atoms with van der Waals surface area (Å²) in [6.07, 6.45) is 3.29. The van der Waals surface area contributed by atoms with E-state index >= 15 is 0 Å². The molecule has 0 aliphatic carbocycles. The predicted octanol–water partition coefficient (Wildman–Crippen LogP) is 1.71. The molecule has 0 fully saturated rings. The number of nitro groups is 1. The van der Waals surface area contributed by atoms with Crippen LogP contribution in [-0.4, -0.2) is 24.9 Å². The molecule has 0 radical (unpaired) electrons. The van der Waals surface area contributed by atoms with Gasteiger partial charge in [-0.25, -0.2) is 19.9 Å². The van der Waals surface area contributed by atoms with E-state index in [2.05, 4.69) is 19.9 Å². The van der Waals surface area contributed by atoms with Crippen LogP contribution in [0.3, 0.4) is 0 Å². The molecule has 7 nitrogen and oxygen atoms in total. The van der Waals surface area contributed by atoms with E-state index in [1.807, 2.05) is 0 Å². The molecule has 0 aliphatic rings. The molecule has 2 aromatic heterocycles. The number of imidazole rings is 1. The molecule has 17 heavy (non-hydrogen) atoms. The number of nitrogens with zero attached hydrogens (tertiary/aromatic N) is 4. The Hall–Kier alpha value is -1.96. The molecule has 1 N–H and O–H groups in total. The summed E-state index contributed by atoms with van der Waals surface area (Å²) in [7, 11) is 0. The molecule has 88 valence electrons. The Morgan fingerprint density at radius 1 is 1.47 bits per heavy atom. The van der Waals surface area contributed by atoms with Crippen LogP contribution >= 0.6 is 11.8 Å². The molecule has 2 aromatic rings. The lowest BCUT2D eigenvalue weighted by Crippen LogP contribution is -1.90. The number of rotatable bonds is 4. The number of thioether (sulfide) groups is 1. The van der Waals surface area contributed by atoms with Gasteiger partial charge in [-0.2, -0.15) is 0 Å². The van der Waals surface area contributed by atoms with E-state index in [4.69, 9.17) is 0 Å². The molecule has 2 rings (SSSR count). The molecule has 0 unspecified atom stereocenters. The summed E-state index contributed by atoms with van der Waals surface area (Å²) in [5.41, 5.74) is 0.389. The number of hydrogen-bond acceptors (Lipinski definition) is 6. The lowest BCUT2D eigenvalue weighted by molar-refractivity contribution is -0.389. The molecule has 0 bridgehead atoms. The number of aromatic nitrogens is 4. The number of aromatic amines is 1. The standard InChI is InChI=1S/C9H9N5O2S/c1-6-8(14(15)16)13-7(12-6)5-17-9-10-3-2-4-11-9/h2-4H,5H2,1H3,(H,12,13). The van der Waals surface area contributed by atoms with Crippen LogP contribution in [0.25, 0.3) is 0 Å². The molecule has 0 saturated heterocycles. The van der Waals surface area contributed by atoms with Crippen LogP contribution in [-0.2, 0) is 5.75 Å². The van der Waals surface area contributed by atoms with Crippen LogP contribution in [0.1, 0.15) is 11.5 Å². The van der Waals surface area contributed by atoms with Crippen LogP contribution in [0.5, 0.6) is 0 Å². The third-order valence-corrected chi connectivity index (χ3v) is 2.86. The Morgan fingerprint density at radius 2 is 2.18 bits per heavy atom. The van der Waals surface area contributed by atoms with E-state index in [0.717, 1.165) is 0 Å². The SMILES string of the molecule is Cc1nc(CSc2ncccn2)[nH]c1[N+](=O)[O-]. The number of nitrogens with one attached hydrogen (secondary N) is 1. The monoisotopic (exact) mass is 251 g/mol. The van der Waals surface area contributed by atoms with E-state index in [0.29, 0.717) is 22.4 Å². The van der Waals surface area contributed by atoms with Gasteiger partial charge in [-0.1, -0.05) is 11.8 Å². The van der Waals surface area contributed by atoms with E-state index in [1.165, 1.54) is 11.8 Å². The minimum Gasteiger partial charge on any atom is -0.358 e. The Labute approximate surface area is 101 Å². The van der Waals surface area contributed by atoms with Crippen molar-refractivity contribution in [2.24, 2.45) is 0 Å². The van der Waals surface area contributed by atoms with Gasteiger partial charge in [0.1, 0.15) is 5.69 Å². The van der Waals surface area contributed by atoms with Gasteiger partial charge in [0.15, 0.2) is 5.16 Å². The van der Waals surface area contributed by atoms with E-state index in [1.54, 1.807) is 25.4 Å². The van der Waals surface area contributed by atoms with Crippen molar-refractivity contribution >= 4 is 17.6 Å². The molecule has 0 amide bonds. The lowest BCUT2D eigenvalue weighted by atomic mass is 10.5. The Kier molecular flexibility index (Phi) is 3.33. The van der Waals surface area contributed by atoms with Gasteiger partial charge in [0.25, 0.3) is 0 Å². The second-order valence-corrected chi connectivity index (χ2v) is 4.14. The summed E-state index contributed by atoms with van der Waals surface area (Å²) in [5, 5.41) is 11.2. The zero-order valence-electron chi connectivity index (χ0n) is 8.95. The average Bonchev–Trinajstić information content (AvgIpc) is 2.69. The van der Waals surface area contributed by atoms with Gasteiger partial charge in [-0.3, -0.25) is 0 Å². The van der Waals surface area contributed by atoms with Crippen molar-refractivity contribution in [1.29, 1.82) is 0 Å². The molecular formula is C9H9N5O2S. The normalized spacial score (nSPS) is 10.4. The molecule has 0 atom stereocenters. The topological polar surface area (TPSA) is 97.6 Å². The fourth-order valence-corrected chi connectivity index (χ4v) is 1.92. The predicted molar refractivity (Wildman–Crippen MR) is 61.6 cm³/mol. The van der Waals surface area contributed by atoms with Crippen LogP contribution in [0.4, 0.5) is 5.82 Å². The number of hydrogen-bond donors (Lipinski definition) is 1. The van der Waals surface area contributed by atoms with E-state index in [9.17, 15) is 10.1 Å². The van der Waals surface area contributed by atoms with Crippen molar-refractivity contribution < 1.29 is 4.92 Å². The highest BCUT2D eigenvalue weighted by molar-refractivity contribution is 7.98. The molecule has 0 aliphatic heterocycles. The molecule has 0 saturated carbocycles. The van der Waals surface area contributed by atoms with Gasteiger partial charge < -0.3 is 10.1 Å². The average molecular weight is 251 g/mol. The third kappa shape index (κ3) is 2.78. The summed E-state index contributed by atoms with van der Waals surface area (Å²) < 4.78 is 0. The first-order valence-corrected chi connectivity index (χ1v) is 5.75. The van der Waals surface area contributed by atoms with E-state index < -0.39 is 4.92 Å². The molecule has 2 heterocycles. The minimum atomic E-state index is -0.477. The molecule has 8 heteroatoms.